The molecule has 1 amide bonds. The number of rotatable bonds is 6. The van der Waals surface area contributed by atoms with Gasteiger partial charge in [-0.3, -0.25) is 4.79 Å². The summed E-state index contributed by atoms with van der Waals surface area (Å²) in [5.74, 6) is 0.575. The molecular weight excluding hydrogens is 362 g/mol. The van der Waals surface area contributed by atoms with Gasteiger partial charge < -0.3 is 14.8 Å². The first-order valence-electron chi connectivity index (χ1n) is 7.87. The molecular formula is C17H22BrNO4. The van der Waals surface area contributed by atoms with E-state index in [1.807, 2.05) is 0 Å². The van der Waals surface area contributed by atoms with Gasteiger partial charge in [0.2, 0.25) is 0 Å². The lowest BCUT2D eigenvalue weighted by Crippen LogP contribution is -2.33. The zero-order valence-corrected chi connectivity index (χ0v) is 14.9. The second-order valence-electron chi connectivity index (χ2n) is 5.73. The molecule has 6 heteroatoms. The Kier molecular flexibility index (Phi) is 6.89. The maximum absolute atomic E-state index is 11.9. The molecule has 2 rings (SSSR count). The van der Waals surface area contributed by atoms with Crippen LogP contribution in [0.2, 0.25) is 0 Å². The van der Waals surface area contributed by atoms with E-state index < -0.39 is 5.97 Å². The molecule has 1 N–H and O–H groups in total. The van der Waals surface area contributed by atoms with Crippen LogP contribution in [0.3, 0.4) is 0 Å². The van der Waals surface area contributed by atoms with Crippen LogP contribution in [0.25, 0.3) is 0 Å². The van der Waals surface area contributed by atoms with Gasteiger partial charge in [0.05, 0.1) is 17.1 Å². The van der Waals surface area contributed by atoms with Crippen LogP contribution in [0.1, 0.15) is 42.5 Å². The number of halogens is 1. The summed E-state index contributed by atoms with van der Waals surface area (Å²) in [6.07, 6.45) is 6.22. The number of carbonyl (C=O) groups excluding carboxylic acids is 2. The van der Waals surface area contributed by atoms with E-state index in [1.165, 1.54) is 39.2 Å². The summed E-state index contributed by atoms with van der Waals surface area (Å²) in [5, 5.41) is 2.93. The number of hydrogen-bond donors (Lipinski definition) is 1. The minimum Gasteiger partial charge on any atom is -0.483 e. The fourth-order valence-electron chi connectivity index (χ4n) is 2.71. The van der Waals surface area contributed by atoms with Crippen molar-refractivity contribution in [2.45, 2.75) is 32.1 Å². The minimum absolute atomic E-state index is 0.0388. The average Bonchev–Trinajstić information content (AvgIpc) is 2.59. The van der Waals surface area contributed by atoms with Gasteiger partial charge in [-0.2, -0.15) is 0 Å². The lowest BCUT2D eigenvalue weighted by molar-refractivity contribution is -0.123. The predicted molar refractivity (Wildman–Crippen MR) is 90.6 cm³/mol. The van der Waals surface area contributed by atoms with Crippen LogP contribution in [0.15, 0.2) is 22.7 Å². The Hall–Kier alpha value is -1.56. The SMILES string of the molecule is COC(=O)c1ccc(OCC(=O)NCC2CCCCC2)c(Br)c1. The molecule has 1 fully saturated rings. The molecule has 1 saturated carbocycles. The number of amides is 1. The molecule has 23 heavy (non-hydrogen) atoms. The van der Waals surface area contributed by atoms with E-state index in [0.29, 0.717) is 21.7 Å². The van der Waals surface area contributed by atoms with Crippen molar-refractivity contribution in [3.63, 3.8) is 0 Å². The van der Waals surface area contributed by atoms with Gasteiger partial charge in [-0.05, 0) is 52.9 Å². The van der Waals surface area contributed by atoms with Crippen molar-refractivity contribution < 1.29 is 19.1 Å². The summed E-state index contributed by atoms with van der Waals surface area (Å²) >= 11 is 3.33. The molecule has 0 unspecified atom stereocenters. The largest absolute Gasteiger partial charge is 0.483 e. The Balaban J connectivity index is 1.78. The topological polar surface area (TPSA) is 64.6 Å². The van der Waals surface area contributed by atoms with Crippen molar-refractivity contribution >= 4 is 27.8 Å². The van der Waals surface area contributed by atoms with Gasteiger partial charge >= 0.3 is 5.97 Å². The highest BCUT2D eigenvalue weighted by Gasteiger charge is 2.15. The van der Waals surface area contributed by atoms with Crippen molar-refractivity contribution in [1.82, 2.24) is 5.32 Å². The molecule has 0 heterocycles. The lowest BCUT2D eigenvalue weighted by atomic mass is 9.89. The van der Waals surface area contributed by atoms with Gasteiger partial charge in [-0.1, -0.05) is 19.3 Å². The summed E-state index contributed by atoms with van der Waals surface area (Å²) in [7, 11) is 1.33. The molecule has 0 atom stereocenters. The Morgan fingerprint density at radius 3 is 2.65 bits per heavy atom. The first-order chi connectivity index (χ1) is 11.1. The van der Waals surface area contributed by atoms with Crippen molar-refractivity contribution in [3.05, 3.63) is 28.2 Å². The standard InChI is InChI=1S/C17H22BrNO4/c1-22-17(21)13-7-8-15(14(18)9-13)23-11-16(20)19-10-12-5-3-2-4-6-12/h7-9,12H,2-6,10-11H2,1H3,(H,19,20). The highest BCUT2D eigenvalue weighted by molar-refractivity contribution is 9.10. The maximum atomic E-state index is 11.9. The van der Waals surface area contributed by atoms with E-state index in [2.05, 4.69) is 26.0 Å². The second kappa shape index (κ2) is 8.91. The van der Waals surface area contributed by atoms with Crippen molar-refractivity contribution in [3.8, 4) is 5.75 Å². The van der Waals surface area contributed by atoms with Crippen LogP contribution >= 0.6 is 15.9 Å². The smallest absolute Gasteiger partial charge is 0.337 e. The molecule has 1 aliphatic rings. The first-order valence-corrected chi connectivity index (χ1v) is 8.67. The number of carbonyl (C=O) groups is 2. The van der Waals surface area contributed by atoms with E-state index in [9.17, 15) is 9.59 Å². The Morgan fingerprint density at radius 2 is 2.00 bits per heavy atom. The number of ether oxygens (including phenoxy) is 2. The van der Waals surface area contributed by atoms with Crippen LogP contribution in [0, 0.1) is 5.92 Å². The van der Waals surface area contributed by atoms with Crippen molar-refractivity contribution in [2.24, 2.45) is 5.92 Å². The number of methoxy groups -OCH3 is 1. The number of hydrogen-bond acceptors (Lipinski definition) is 4. The summed E-state index contributed by atoms with van der Waals surface area (Å²) in [5.41, 5.74) is 0.425. The minimum atomic E-state index is -0.414. The van der Waals surface area contributed by atoms with Gasteiger partial charge in [-0.25, -0.2) is 4.79 Å². The molecule has 1 aliphatic carbocycles. The van der Waals surface area contributed by atoms with Crippen molar-refractivity contribution in [2.75, 3.05) is 20.3 Å². The predicted octanol–water partition coefficient (Wildman–Crippen LogP) is 3.31. The highest BCUT2D eigenvalue weighted by Crippen LogP contribution is 2.26. The maximum Gasteiger partial charge on any atom is 0.337 e. The Labute approximate surface area is 144 Å². The fraction of sp³-hybridized carbons (Fsp3) is 0.529. The summed E-state index contributed by atoms with van der Waals surface area (Å²) < 4.78 is 10.8. The van der Waals surface area contributed by atoms with Crippen LogP contribution in [-0.2, 0) is 9.53 Å². The molecule has 1 aromatic rings. The molecule has 0 aliphatic heterocycles. The monoisotopic (exact) mass is 383 g/mol. The lowest BCUT2D eigenvalue weighted by Gasteiger charge is -2.21. The number of benzene rings is 1. The third-order valence-corrected chi connectivity index (χ3v) is 4.64. The molecule has 126 valence electrons. The molecule has 0 radical (unpaired) electrons. The van der Waals surface area contributed by atoms with E-state index in [4.69, 9.17) is 4.74 Å². The summed E-state index contributed by atoms with van der Waals surface area (Å²) in [6, 6.07) is 4.86. The van der Waals surface area contributed by atoms with Crippen molar-refractivity contribution in [1.29, 1.82) is 0 Å². The van der Waals surface area contributed by atoms with Gasteiger partial charge in [-0.15, -0.1) is 0 Å². The zero-order valence-electron chi connectivity index (χ0n) is 13.3. The van der Waals surface area contributed by atoms with Crippen LogP contribution in [0.4, 0.5) is 0 Å². The first kappa shape index (κ1) is 17.8. The molecule has 0 spiro atoms. The van der Waals surface area contributed by atoms with Crippen LogP contribution in [-0.4, -0.2) is 32.1 Å². The van der Waals surface area contributed by atoms with E-state index in [1.54, 1.807) is 18.2 Å². The second-order valence-corrected chi connectivity index (χ2v) is 6.59. The van der Waals surface area contributed by atoms with Gasteiger partial charge in [0.1, 0.15) is 5.75 Å². The van der Waals surface area contributed by atoms with Crippen LogP contribution in [0.5, 0.6) is 5.75 Å². The van der Waals surface area contributed by atoms with Gasteiger partial charge in [0, 0.05) is 6.54 Å². The van der Waals surface area contributed by atoms with Gasteiger partial charge in [0.25, 0.3) is 5.91 Å². The van der Waals surface area contributed by atoms with E-state index >= 15 is 0 Å². The average molecular weight is 384 g/mol. The van der Waals surface area contributed by atoms with E-state index in [-0.39, 0.29) is 12.5 Å². The quantitative estimate of drug-likeness (QED) is 0.765. The van der Waals surface area contributed by atoms with E-state index in [0.717, 1.165) is 6.54 Å². The normalized spacial score (nSPS) is 15.0. The molecule has 1 aromatic carbocycles. The number of nitrogens with one attached hydrogen (secondary N) is 1. The van der Waals surface area contributed by atoms with Gasteiger partial charge in [0.15, 0.2) is 6.61 Å². The zero-order chi connectivity index (χ0) is 16.7. The van der Waals surface area contributed by atoms with Crippen LogP contribution < -0.4 is 10.1 Å². The third kappa shape index (κ3) is 5.53. The summed E-state index contributed by atoms with van der Waals surface area (Å²) in [4.78, 5) is 23.3. The highest BCUT2D eigenvalue weighted by atomic mass is 79.9. The number of esters is 1. The third-order valence-electron chi connectivity index (χ3n) is 4.02. The fourth-order valence-corrected chi connectivity index (χ4v) is 3.20. The summed E-state index contributed by atoms with van der Waals surface area (Å²) in [6.45, 7) is 0.688. The Morgan fingerprint density at radius 1 is 1.26 bits per heavy atom. The molecule has 0 saturated heterocycles. The Bertz CT molecular complexity index is 556. The molecule has 0 aromatic heterocycles. The molecule has 5 nitrogen and oxygen atoms in total. The molecule has 0 bridgehead atoms.